The number of ether oxygens (including phenoxy) is 1. The number of terminal acetylenes is 2. The average molecular weight is 565 g/mol. The van der Waals surface area contributed by atoms with Crippen LogP contribution in [0.3, 0.4) is 0 Å². The van der Waals surface area contributed by atoms with E-state index >= 15 is 0 Å². The van der Waals surface area contributed by atoms with Crippen molar-refractivity contribution in [2.24, 2.45) is 0 Å². The lowest BCUT2D eigenvalue weighted by Crippen LogP contribution is -2.43. The molecule has 0 aliphatic rings. The molecule has 42 heavy (non-hydrogen) atoms. The van der Waals surface area contributed by atoms with Gasteiger partial charge < -0.3 is 20.1 Å². The number of carbonyl (C=O) groups is 2. The number of amides is 2. The lowest BCUT2D eigenvalue weighted by molar-refractivity contribution is -0.132. The van der Waals surface area contributed by atoms with Crippen molar-refractivity contribution >= 4 is 12.0 Å². The van der Waals surface area contributed by atoms with Crippen molar-refractivity contribution in [3.8, 4) is 52.7 Å². The van der Waals surface area contributed by atoms with E-state index < -0.39 is 17.7 Å². The average Bonchev–Trinajstić information content (AvgIpc) is 2.97. The van der Waals surface area contributed by atoms with Crippen molar-refractivity contribution in [3.05, 3.63) is 77.4 Å². The highest BCUT2D eigenvalue weighted by atomic mass is 16.6. The van der Waals surface area contributed by atoms with E-state index in [1.165, 1.54) is 0 Å². The predicted molar refractivity (Wildman–Crippen MR) is 169 cm³/mol. The summed E-state index contributed by atoms with van der Waals surface area (Å²) in [5.41, 5.74) is 3.23. The Morgan fingerprint density at radius 1 is 0.929 bits per heavy atom. The summed E-state index contributed by atoms with van der Waals surface area (Å²) >= 11 is 0. The Hall–Kier alpha value is -4.68. The van der Waals surface area contributed by atoms with E-state index in [1.807, 2.05) is 12.1 Å². The van der Waals surface area contributed by atoms with Crippen LogP contribution in [0.5, 0.6) is 5.75 Å². The van der Waals surface area contributed by atoms with Gasteiger partial charge in [0.15, 0.2) is 0 Å². The van der Waals surface area contributed by atoms with Gasteiger partial charge in [0.2, 0.25) is 5.91 Å². The minimum atomic E-state index is -1.08. The third-order valence-corrected chi connectivity index (χ3v) is 6.78. The number of alkyl carbamates (subject to hydrolysis) is 1. The molecule has 0 spiro atoms. The maximum Gasteiger partial charge on any atom is 0.408 e. The van der Waals surface area contributed by atoms with Crippen molar-refractivity contribution in [2.45, 2.75) is 65.0 Å². The molecule has 6 nitrogen and oxygen atoms in total. The zero-order valence-electron chi connectivity index (χ0n) is 25.2. The molecule has 0 unspecified atom stereocenters. The number of nitrogens with zero attached hydrogens (tertiary/aromatic N) is 1. The van der Waals surface area contributed by atoms with E-state index in [9.17, 15) is 14.7 Å². The molecule has 0 aliphatic carbocycles. The van der Waals surface area contributed by atoms with Crippen LogP contribution in [0.25, 0.3) is 22.3 Å². The normalized spacial score (nSPS) is 11.6. The summed E-state index contributed by atoms with van der Waals surface area (Å²) in [6.07, 6.45) is 14.6. The van der Waals surface area contributed by atoms with Gasteiger partial charge in [-0.15, -0.1) is 12.8 Å². The van der Waals surface area contributed by atoms with E-state index in [4.69, 9.17) is 17.6 Å². The smallest absolute Gasteiger partial charge is 0.408 e. The van der Waals surface area contributed by atoms with Crippen molar-refractivity contribution < 1.29 is 19.4 Å². The molecule has 0 bridgehead atoms. The van der Waals surface area contributed by atoms with Crippen LogP contribution in [0.1, 0.15) is 76.1 Å². The third-order valence-electron chi connectivity index (χ3n) is 6.78. The molecule has 0 radical (unpaired) electrons. The number of phenolic OH excluding ortho intramolecular Hbond substituents is 1. The number of hydrogen-bond acceptors (Lipinski definition) is 4. The van der Waals surface area contributed by atoms with Gasteiger partial charge in [0.05, 0.1) is 0 Å². The van der Waals surface area contributed by atoms with Crippen molar-refractivity contribution in [1.82, 2.24) is 10.2 Å². The second kappa shape index (κ2) is 14.3. The highest BCUT2D eigenvalue weighted by molar-refractivity contribution is 5.90. The van der Waals surface area contributed by atoms with E-state index in [0.717, 1.165) is 25.7 Å². The fourth-order valence-corrected chi connectivity index (χ4v) is 4.64. The summed E-state index contributed by atoms with van der Waals surface area (Å²) < 4.78 is 5.53. The van der Waals surface area contributed by atoms with Gasteiger partial charge in [0, 0.05) is 35.8 Å². The number of nitrogens with one attached hydrogen (secondary N) is 1. The molecule has 3 aromatic carbocycles. The Kier molecular flexibility index (Phi) is 10.8. The van der Waals surface area contributed by atoms with Gasteiger partial charge in [-0.3, -0.25) is 4.79 Å². The molecule has 3 aromatic rings. The Bertz CT molecular complexity index is 1430. The van der Waals surface area contributed by atoms with E-state index in [-0.39, 0.29) is 11.7 Å². The number of likely N-dealkylation sites (N-methyl/N-ethyl adjacent to an activating group) is 1. The molecular weight excluding hydrogens is 524 g/mol. The number of phenols is 1. The number of aromatic hydroxyl groups is 1. The van der Waals surface area contributed by atoms with Crippen molar-refractivity contribution in [3.63, 3.8) is 0 Å². The van der Waals surface area contributed by atoms with Crippen LogP contribution in [0.2, 0.25) is 0 Å². The second-order valence-corrected chi connectivity index (χ2v) is 11.3. The van der Waals surface area contributed by atoms with E-state index in [1.54, 1.807) is 81.2 Å². The maximum atomic E-state index is 13.9. The van der Waals surface area contributed by atoms with Crippen LogP contribution in [0, 0.1) is 24.7 Å². The van der Waals surface area contributed by atoms with Gasteiger partial charge in [-0.05, 0) is 80.3 Å². The molecule has 0 aliphatic heterocycles. The number of rotatable bonds is 10. The summed E-state index contributed by atoms with van der Waals surface area (Å²) in [7, 11) is 1.73. The standard InChI is InChI=1S/C36H40N2O4/c1-8-11-12-13-20-38(7)34(40)32(37-35(41)42-36(4,5)6)29-23-30(27-18-14-16-25(9-2)21-27)33(39)31(24-29)28-19-15-17-26(10-3)22-28/h2-3,14-19,21-24,32,39H,8,11-13,20H2,1,4-7H3,(H,37,41)/t32-/m1/s1. The summed E-state index contributed by atoms with van der Waals surface area (Å²) in [6, 6.07) is 16.8. The van der Waals surface area contributed by atoms with Gasteiger partial charge in [-0.1, -0.05) is 62.3 Å². The molecule has 0 aromatic heterocycles. The first-order valence-corrected chi connectivity index (χ1v) is 14.2. The molecule has 0 saturated heterocycles. The SMILES string of the molecule is C#Cc1cccc(-c2cc([C@@H](NC(=O)OC(C)(C)C)C(=O)N(C)CCCCCC)cc(-c3cccc(C#C)c3)c2O)c1. The summed E-state index contributed by atoms with van der Waals surface area (Å²) in [4.78, 5) is 28.6. The highest BCUT2D eigenvalue weighted by Gasteiger charge is 2.30. The van der Waals surface area contributed by atoms with Crippen LogP contribution < -0.4 is 5.32 Å². The summed E-state index contributed by atoms with van der Waals surface area (Å²) in [6.45, 7) is 7.96. The van der Waals surface area contributed by atoms with Crippen molar-refractivity contribution in [2.75, 3.05) is 13.6 Å². The number of carbonyl (C=O) groups excluding carboxylic acids is 2. The van der Waals surface area contributed by atoms with Gasteiger partial charge >= 0.3 is 6.09 Å². The first-order chi connectivity index (χ1) is 20.0. The first kappa shape index (κ1) is 31.8. The molecule has 3 rings (SSSR count). The molecule has 1 atom stereocenters. The molecule has 0 saturated carbocycles. The van der Waals surface area contributed by atoms with Crippen LogP contribution in [0.15, 0.2) is 60.7 Å². The topological polar surface area (TPSA) is 78.9 Å². The van der Waals surface area contributed by atoms with Crippen LogP contribution in [0.4, 0.5) is 4.79 Å². The monoisotopic (exact) mass is 564 g/mol. The van der Waals surface area contributed by atoms with Crippen molar-refractivity contribution in [1.29, 1.82) is 0 Å². The molecule has 2 amide bonds. The Morgan fingerprint density at radius 3 is 1.95 bits per heavy atom. The quantitative estimate of drug-likeness (QED) is 0.200. The molecule has 0 heterocycles. The van der Waals surface area contributed by atoms with Gasteiger partial charge in [-0.25, -0.2) is 4.79 Å². The maximum absolute atomic E-state index is 13.9. The fourth-order valence-electron chi connectivity index (χ4n) is 4.64. The van der Waals surface area contributed by atoms with Gasteiger partial charge in [0.1, 0.15) is 17.4 Å². The molecule has 218 valence electrons. The summed E-state index contributed by atoms with van der Waals surface area (Å²) in [5.74, 6) is 4.96. The predicted octanol–water partition coefficient (Wildman–Crippen LogP) is 7.29. The summed E-state index contributed by atoms with van der Waals surface area (Å²) in [5, 5.41) is 14.4. The Morgan fingerprint density at radius 2 is 1.48 bits per heavy atom. The highest BCUT2D eigenvalue weighted by Crippen LogP contribution is 2.41. The first-order valence-electron chi connectivity index (χ1n) is 14.2. The molecule has 6 heteroatoms. The zero-order valence-corrected chi connectivity index (χ0v) is 25.2. The van der Waals surface area contributed by atoms with Gasteiger partial charge in [0.25, 0.3) is 0 Å². The van der Waals surface area contributed by atoms with Crippen LogP contribution in [-0.2, 0) is 9.53 Å². The number of unbranched alkanes of at least 4 members (excludes halogenated alkanes) is 3. The lowest BCUT2D eigenvalue weighted by Gasteiger charge is -2.28. The van der Waals surface area contributed by atoms with Crippen LogP contribution in [-0.4, -0.2) is 41.2 Å². The number of benzene rings is 3. The minimum Gasteiger partial charge on any atom is -0.507 e. The fraction of sp³-hybridized carbons (Fsp3) is 0.333. The zero-order chi connectivity index (χ0) is 30.9. The molecule has 0 fully saturated rings. The third kappa shape index (κ3) is 8.41. The molecule has 2 N–H and O–H groups in total. The van der Waals surface area contributed by atoms with E-state index in [0.29, 0.717) is 45.5 Å². The molecular formula is C36H40N2O4. The van der Waals surface area contributed by atoms with Crippen LogP contribution >= 0.6 is 0 Å². The lowest BCUT2D eigenvalue weighted by atomic mass is 9.90. The Balaban J connectivity index is 2.21. The minimum absolute atomic E-state index is 0.00141. The number of hydrogen-bond donors (Lipinski definition) is 2. The van der Waals surface area contributed by atoms with E-state index in [2.05, 4.69) is 24.1 Å². The largest absolute Gasteiger partial charge is 0.507 e. The van der Waals surface area contributed by atoms with Gasteiger partial charge in [-0.2, -0.15) is 0 Å². The second-order valence-electron chi connectivity index (χ2n) is 11.3. The Labute approximate surface area is 250 Å².